The first-order valence-electron chi connectivity index (χ1n) is 5.08. The van der Waals surface area contributed by atoms with Crippen LogP contribution in [0.2, 0.25) is 0 Å². The molecule has 90 valence electrons. The Bertz CT molecular complexity index is 625. The summed E-state index contributed by atoms with van der Waals surface area (Å²) in [7, 11) is 0. The number of rotatable bonds is 3. The topological polar surface area (TPSA) is 112 Å². The van der Waals surface area contributed by atoms with Crippen LogP contribution in [0.1, 0.15) is 20.7 Å². The Kier molecular flexibility index (Phi) is 3.01. The third-order valence-corrected chi connectivity index (χ3v) is 2.42. The molecular weight excluding hydrogens is 232 g/mol. The Labute approximate surface area is 103 Å². The Hall–Kier alpha value is -2.76. The van der Waals surface area contributed by atoms with Crippen molar-refractivity contribution >= 4 is 11.8 Å². The molecule has 4 N–H and O–H groups in total. The average Bonchev–Trinajstić information content (AvgIpc) is 2.39. The summed E-state index contributed by atoms with van der Waals surface area (Å²) < 4.78 is 0. The van der Waals surface area contributed by atoms with Crippen LogP contribution in [0.3, 0.4) is 0 Å². The molecule has 18 heavy (non-hydrogen) atoms. The molecule has 2 heterocycles. The Morgan fingerprint density at radius 2 is 1.78 bits per heavy atom. The highest BCUT2D eigenvalue weighted by Crippen LogP contribution is 2.22. The van der Waals surface area contributed by atoms with Crippen molar-refractivity contribution < 1.29 is 9.59 Å². The van der Waals surface area contributed by atoms with E-state index in [2.05, 4.69) is 9.97 Å². The standard InChI is InChI=1S/C12H10N4O2/c13-11(17)8-3-7(4-16-5-8)9-1-2-15-6-10(9)12(14)18/h1-6H,(H2,13,17)(H2,14,18). The highest BCUT2D eigenvalue weighted by molar-refractivity contribution is 6.00. The van der Waals surface area contributed by atoms with Crippen molar-refractivity contribution in [2.45, 2.75) is 0 Å². The summed E-state index contributed by atoms with van der Waals surface area (Å²) in [4.78, 5) is 30.1. The molecule has 6 nitrogen and oxygen atoms in total. The number of pyridine rings is 2. The minimum atomic E-state index is -0.595. The molecule has 0 unspecified atom stereocenters. The fourth-order valence-corrected chi connectivity index (χ4v) is 1.56. The van der Waals surface area contributed by atoms with Crippen LogP contribution in [0.5, 0.6) is 0 Å². The monoisotopic (exact) mass is 242 g/mol. The molecule has 0 spiro atoms. The Morgan fingerprint density at radius 1 is 1.00 bits per heavy atom. The molecule has 0 fully saturated rings. The molecule has 0 aliphatic rings. The first kappa shape index (κ1) is 11.7. The van der Waals surface area contributed by atoms with Crippen molar-refractivity contribution in [3.05, 3.63) is 48.0 Å². The molecule has 0 bridgehead atoms. The molecule has 0 aliphatic heterocycles. The molecule has 0 saturated heterocycles. The number of carbonyl (C=O) groups excluding carboxylic acids is 2. The van der Waals surface area contributed by atoms with E-state index < -0.39 is 11.8 Å². The maximum absolute atomic E-state index is 11.3. The van der Waals surface area contributed by atoms with Gasteiger partial charge in [-0.1, -0.05) is 0 Å². The first-order chi connectivity index (χ1) is 8.59. The third kappa shape index (κ3) is 2.17. The van der Waals surface area contributed by atoms with E-state index in [9.17, 15) is 9.59 Å². The number of hydrogen-bond acceptors (Lipinski definition) is 4. The van der Waals surface area contributed by atoms with Gasteiger partial charge in [0.15, 0.2) is 0 Å². The lowest BCUT2D eigenvalue weighted by Crippen LogP contribution is -2.13. The van der Waals surface area contributed by atoms with Crippen LogP contribution in [0.25, 0.3) is 11.1 Å². The molecular formula is C12H10N4O2. The molecule has 2 amide bonds. The van der Waals surface area contributed by atoms with Crippen LogP contribution in [0.4, 0.5) is 0 Å². The van der Waals surface area contributed by atoms with E-state index in [0.29, 0.717) is 11.1 Å². The van der Waals surface area contributed by atoms with E-state index >= 15 is 0 Å². The summed E-state index contributed by atoms with van der Waals surface area (Å²) >= 11 is 0. The van der Waals surface area contributed by atoms with E-state index in [1.165, 1.54) is 24.8 Å². The van der Waals surface area contributed by atoms with Crippen molar-refractivity contribution in [2.24, 2.45) is 11.5 Å². The lowest BCUT2D eigenvalue weighted by molar-refractivity contribution is 0.0992. The smallest absolute Gasteiger partial charge is 0.250 e. The van der Waals surface area contributed by atoms with Gasteiger partial charge >= 0.3 is 0 Å². The summed E-state index contributed by atoms with van der Waals surface area (Å²) in [6, 6.07) is 3.18. The fraction of sp³-hybridized carbons (Fsp3) is 0. The minimum Gasteiger partial charge on any atom is -0.366 e. The zero-order valence-electron chi connectivity index (χ0n) is 9.33. The van der Waals surface area contributed by atoms with E-state index in [0.717, 1.165) is 0 Å². The normalized spacial score (nSPS) is 10.0. The van der Waals surface area contributed by atoms with E-state index in [1.54, 1.807) is 12.1 Å². The predicted octanol–water partition coefficient (Wildman–Crippen LogP) is 0.341. The number of nitrogens with two attached hydrogens (primary N) is 2. The zero-order chi connectivity index (χ0) is 13.1. The van der Waals surface area contributed by atoms with Crippen molar-refractivity contribution in [3.63, 3.8) is 0 Å². The van der Waals surface area contributed by atoms with Gasteiger partial charge in [0.05, 0.1) is 11.1 Å². The van der Waals surface area contributed by atoms with Gasteiger partial charge in [-0.3, -0.25) is 19.6 Å². The maximum Gasteiger partial charge on any atom is 0.250 e. The lowest BCUT2D eigenvalue weighted by Gasteiger charge is -2.06. The van der Waals surface area contributed by atoms with E-state index in [-0.39, 0.29) is 11.1 Å². The van der Waals surface area contributed by atoms with Crippen LogP contribution in [-0.2, 0) is 0 Å². The number of carbonyl (C=O) groups is 2. The molecule has 0 aromatic carbocycles. The van der Waals surface area contributed by atoms with Gasteiger partial charge in [0, 0.05) is 30.4 Å². The van der Waals surface area contributed by atoms with Gasteiger partial charge in [-0.15, -0.1) is 0 Å². The molecule has 0 radical (unpaired) electrons. The summed E-state index contributed by atoms with van der Waals surface area (Å²) in [5, 5.41) is 0. The van der Waals surface area contributed by atoms with Crippen molar-refractivity contribution in [3.8, 4) is 11.1 Å². The minimum absolute atomic E-state index is 0.264. The zero-order valence-corrected chi connectivity index (χ0v) is 9.33. The molecule has 2 rings (SSSR count). The van der Waals surface area contributed by atoms with Crippen molar-refractivity contribution in [1.29, 1.82) is 0 Å². The van der Waals surface area contributed by atoms with Gasteiger partial charge in [-0.2, -0.15) is 0 Å². The van der Waals surface area contributed by atoms with Gasteiger partial charge < -0.3 is 11.5 Å². The first-order valence-corrected chi connectivity index (χ1v) is 5.08. The Balaban J connectivity index is 2.58. The second-order valence-corrected chi connectivity index (χ2v) is 3.61. The molecule has 2 aromatic rings. The number of hydrogen-bond donors (Lipinski definition) is 2. The summed E-state index contributed by atoms with van der Waals surface area (Å²) in [5.74, 6) is -1.18. The molecule has 2 aromatic heterocycles. The summed E-state index contributed by atoms with van der Waals surface area (Å²) in [5.41, 5.74) is 12.1. The van der Waals surface area contributed by atoms with Gasteiger partial charge in [-0.25, -0.2) is 0 Å². The quantitative estimate of drug-likeness (QED) is 0.808. The summed E-state index contributed by atoms with van der Waals surface area (Å²) in [6.45, 7) is 0. The number of primary amides is 2. The van der Waals surface area contributed by atoms with Gasteiger partial charge in [0.1, 0.15) is 0 Å². The predicted molar refractivity (Wildman–Crippen MR) is 64.5 cm³/mol. The summed E-state index contributed by atoms with van der Waals surface area (Å²) in [6.07, 6.45) is 5.78. The molecule has 0 atom stereocenters. The largest absolute Gasteiger partial charge is 0.366 e. The lowest BCUT2D eigenvalue weighted by atomic mass is 10.0. The SMILES string of the molecule is NC(=O)c1cncc(-c2ccncc2C(N)=O)c1. The third-order valence-electron chi connectivity index (χ3n) is 2.42. The van der Waals surface area contributed by atoms with Gasteiger partial charge in [0.2, 0.25) is 5.91 Å². The second-order valence-electron chi connectivity index (χ2n) is 3.61. The van der Waals surface area contributed by atoms with Crippen molar-refractivity contribution in [2.75, 3.05) is 0 Å². The van der Waals surface area contributed by atoms with Crippen LogP contribution >= 0.6 is 0 Å². The number of aromatic nitrogens is 2. The molecule has 0 aliphatic carbocycles. The molecule has 6 heteroatoms. The van der Waals surface area contributed by atoms with Crippen LogP contribution in [0.15, 0.2) is 36.9 Å². The van der Waals surface area contributed by atoms with Crippen LogP contribution in [-0.4, -0.2) is 21.8 Å². The highest BCUT2D eigenvalue weighted by Gasteiger charge is 2.11. The highest BCUT2D eigenvalue weighted by atomic mass is 16.1. The number of nitrogens with zero attached hydrogens (tertiary/aromatic N) is 2. The van der Waals surface area contributed by atoms with Crippen molar-refractivity contribution in [1.82, 2.24) is 9.97 Å². The second kappa shape index (κ2) is 4.62. The maximum atomic E-state index is 11.3. The molecule has 0 saturated carbocycles. The number of amides is 2. The Morgan fingerprint density at radius 3 is 2.44 bits per heavy atom. The fourth-order valence-electron chi connectivity index (χ4n) is 1.56. The van der Waals surface area contributed by atoms with Gasteiger partial charge in [-0.05, 0) is 17.7 Å². The van der Waals surface area contributed by atoms with Gasteiger partial charge in [0.25, 0.3) is 5.91 Å². The van der Waals surface area contributed by atoms with Crippen LogP contribution in [0, 0.1) is 0 Å². The average molecular weight is 242 g/mol. The van der Waals surface area contributed by atoms with Crippen LogP contribution < -0.4 is 11.5 Å². The van der Waals surface area contributed by atoms with E-state index in [4.69, 9.17) is 11.5 Å². The van der Waals surface area contributed by atoms with E-state index in [1.807, 2.05) is 0 Å².